The first kappa shape index (κ1) is 40.4. The number of fused-ring (bicyclic) bond motifs is 9. The van der Waals surface area contributed by atoms with Gasteiger partial charge in [0.15, 0.2) is 13.9 Å². The molecule has 0 unspecified atom stereocenters. The number of benzene rings is 10. The second-order valence-corrected chi connectivity index (χ2v) is 23.0. The Kier molecular flexibility index (Phi) is 9.37. The Morgan fingerprint density at radius 1 is 0.343 bits per heavy atom. The third-order valence-electron chi connectivity index (χ3n) is 14.3. The number of para-hydroxylation sites is 3. The van der Waals surface area contributed by atoms with Crippen molar-refractivity contribution < 1.29 is 0 Å². The lowest BCUT2D eigenvalue weighted by molar-refractivity contribution is 1.05. The molecule has 0 saturated heterocycles. The van der Waals surface area contributed by atoms with Crippen molar-refractivity contribution in [2.24, 2.45) is 0 Å². The lowest BCUT2D eigenvalue weighted by Gasteiger charge is -2.34. The second-order valence-electron chi connectivity index (χ2n) is 18.1. The number of nitrogens with zero attached hydrogens (tertiary/aromatic N) is 4. The minimum absolute atomic E-state index is 0.676. The highest BCUT2D eigenvalue weighted by Gasteiger charge is 2.41. The molecule has 0 aliphatic rings. The van der Waals surface area contributed by atoms with Crippen LogP contribution in [0.1, 0.15) is 0 Å². The topological polar surface area (TPSA) is 35.6 Å². The fourth-order valence-corrected chi connectivity index (χ4v) is 17.2. The molecule has 0 fully saturated rings. The molecule has 10 aromatic carbocycles. The van der Waals surface area contributed by atoms with Crippen LogP contribution in [0.25, 0.3) is 97.9 Å². The minimum atomic E-state index is -2.75. The van der Waals surface area contributed by atoms with Crippen molar-refractivity contribution in [3.8, 4) is 34.2 Å². The number of rotatable bonds is 8. The second kappa shape index (κ2) is 16.2. The molecular formula is C64H42N4SSi. The maximum Gasteiger partial charge on any atom is 0.179 e. The molecule has 0 saturated carbocycles. The highest BCUT2D eigenvalue weighted by atomic mass is 32.1. The van der Waals surface area contributed by atoms with E-state index >= 15 is 0 Å². The van der Waals surface area contributed by atoms with Gasteiger partial charge in [-0.25, -0.2) is 9.97 Å². The average molecular weight is 927 g/mol. The predicted molar refractivity (Wildman–Crippen MR) is 298 cm³/mol. The van der Waals surface area contributed by atoms with Crippen molar-refractivity contribution in [1.82, 2.24) is 19.1 Å². The van der Waals surface area contributed by atoms with E-state index in [4.69, 9.17) is 9.97 Å². The summed E-state index contributed by atoms with van der Waals surface area (Å²) in [5, 5.41) is 12.6. The molecule has 0 radical (unpaired) electrons. The quantitative estimate of drug-likeness (QED) is 0.112. The minimum Gasteiger partial charge on any atom is -0.309 e. The van der Waals surface area contributed by atoms with Gasteiger partial charge in [-0.3, -0.25) is 4.57 Å². The highest BCUT2D eigenvalue weighted by molar-refractivity contribution is 7.26. The Bertz CT molecular complexity index is 4140. The maximum atomic E-state index is 5.58. The average Bonchev–Trinajstić information content (AvgIpc) is 4.10. The molecule has 0 aliphatic carbocycles. The van der Waals surface area contributed by atoms with Gasteiger partial charge in [0.05, 0.1) is 27.8 Å². The summed E-state index contributed by atoms with van der Waals surface area (Å²) in [4.78, 5) is 11.1. The summed E-state index contributed by atoms with van der Waals surface area (Å²) in [6.07, 6.45) is 0. The molecule has 0 bridgehead atoms. The Morgan fingerprint density at radius 2 is 0.829 bits per heavy atom. The first-order chi connectivity index (χ1) is 34.7. The van der Waals surface area contributed by atoms with Crippen LogP contribution in [0, 0.1) is 0 Å². The molecule has 0 amide bonds. The highest BCUT2D eigenvalue weighted by Crippen LogP contribution is 2.42. The van der Waals surface area contributed by atoms with Crippen molar-refractivity contribution in [2.75, 3.05) is 0 Å². The van der Waals surface area contributed by atoms with Gasteiger partial charge >= 0.3 is 0 Å². The van der Waals surface area contributed by atoms with E-state index in [1.54, 1.807) is 0 Å². The number of thiophene rings is 1. The van der Waals surface area contributed by atoms with E-state index in [9.17, 15) is 0 Å². The lowest BCUT2D eigenvalue weighted by Crippen LogP contribution is -2.74. The van der Waals surface area contributed by atoms with Crippen LogP contribution in [0.4, 0.5) is 0 Å². The maximum absolute atomic E-state index is 5.58. The zero-order chi connectivity index (χ0) is 46.2. The lowest BCUT2D eigenvalue weighted by atomic mass is 10.0. The van der Waals surface area contributed by atoms with Gasteiger partial charge < -0.3 is 4.57 Å². The van der Waals surface area contributed by atoms with Crippen LogP contribution >= 0.6 is 11.3 Å². The van der Waals surface area contributed by atoms with Crippen LogP contribution in [-0.2, 0) is 0 Å². The first-order valence-corrected chi connectivity index (χ1v) is 26.6. The van der Waals surface area contributed by atoms with E-state index in [0.717, 1.165) is 44.7 Å². The van der Waals surface area contributed by atoms with Gasteiger partial charge in [0, 0.05) is 64.6 Å². The Morgan fingerprint density at radius 3 is 1.44 bits per heavy atom. The van der Waals surface area contributed by atoms with Crippen molar-refractivity contribution in [2.45, 2.75) is 0 Å². The summed E-state index contributed by atoms with van der Waals surface area (Å²) in [6.45, 7) is 0. The van der Waals surface area contributed by atoms with Crippen LogP contribution in [-0.4, -0.2) is 27.2 Å². The summed E-state index contributed by atoms with van der Waals surface area (Å²) in [6, 6.07) is 93.1. The first-order valence-electron chi connectivity index (χ1n) is 23.8. The molecule has 328 valence electrons. The Balaban J connectivity index is 1.00. The van der Waals surface area contributed by atoms with Crippen LogP contribution in [0.3, 0.4) is 0 Å². The third kappa shape index (κ3) is 6.20. The van der Waals surface area contributed by atoms with Crippen LogP contribution in [0.2, 0.25) is 0 Å². The van der Waals surface area contributed by atoms with E-state index < -0.39 is 8.07 Å². The van der Waals surface area contributed by atoms with Gasteiger partial charge in [0.1, 0.15) is 5.82 Å². The number of hydrogen-bond acceptors (Lipinski definition) is 3. The molecule has 4 aromatic heterocycles. The molecule has 14 rings (SSSR count). The van der Waals surface area contributed by atoms with Crippen molar-refractivity contribution in [1.29, 1.82) is 0 Å². The Hall–Kier alpha value is -8.68. The van der Waals surface area contributed by atoms with Gasteiger partial charge in [-0.05, 0) is 69.3 Å². The summed E-state index contributed by atoms with van der Waals surface area (Å²) in [5.74, 6) is 1.49. The Labute approximate surface area is 409 Å². The van der Waals surface area contributed by atoms with Crippen LogP contribution in [0.15, 0.2) is 255 Å². The predicted octanol–water partition coefficient (Wildman–Crippen LogP) is 13.8. The summed E-state index contributed by atoms with van der Waals surface area (Å²) >= 11 is 1.83. The standard InChI is InChI=1S/C64H42N4SSi/c1-4-19-45(20-5-1)70(46-21-6-2-7-22-46,47-23-8-3-9-24-47)48-38-35-43(36-39-48)64-65-55(52-29-18-34-61-63(52)53-28-13-17-33-60(53)69-61)42-62(66-64)68-58-32-16-12-27-51(58)54-41-44(37-40-59(54)68)67-56-30-14-10-25-49(56)50-26-11-15-31-57(50)67/h1-42H. The van der Waals surface area contributed by atoms with Crippen LogP contribution < -0.4 is 20.7 Å². The summed E-state index contributed by atoms with van der Waals surface area (Å²) in [7, 11) is -2.75. The van der Waals surface area contributed by atoms with Crippen molar-refractivity contribution in [3.63, 3.8) is 0 Å². The molecule has 70 heavy (non-hydrogen) atoms. The van der Waals surface area contributed by atoms with Gasteiger partial charge in [-0.15, -0.1) is 11.3 Å². The zero-order valence-corrected chi connectivity index (χ0v) is 39.8. The molecule has 14 aromatic rings. The summed E-state index contributed by atoms with van der Waals surface area (Å²) in [5.41, 5.74) is 8.60. The van der Waals surface area contributed by atoms with E-state index in [1.165, 1.54) is 68.1 Å². The SMILES string of the molecule is c1ccc([Si](c2ccccc2)(c2ccccc2)c2ccc(-c3nc(-c4cccc5sc6ccccc6c45)cc(-n4c5ccccc5c5cc(-n6c7ccccc7c7ccccc76)ccc54)n3)cc2)cc1. The molecule has 0 atom stereocenters. The molecule has 6 heteroatoms. The number of aromatic nitrogens is 4. The smallest absolute Gasteiger partial charge is 0.179 e. The fourth-order valence-electron chi connectivity index (χ4n) is 11.3. The molecule has 4 heterocycles. The molecule has 0 aliphatic heterocycles. The zero-order valence-electron chi connectivity index (χ0n) is 37.9. The normalized spacial score (nSPS) is 12.0. The van der Waals surface area contributed by atoms with Crippen molar-refractivity contribution >= 4 is 104 Å². The van der Waals surface area contributed by atoms with E-state index in [1.807, 2.05) is 11.3 Å². The van der Waals surface area contributed by atoms with Gasteiger partial charge in [-0.1, -0.05) is 200 Å². The molecule has 4 nitrogen and oxygen atoms in total. The van der Waals surface area contributed by atoms with Gasteiger partial charge in [-0.2, -0.15) is 0 Å². The van der Waals surface area contributed by atoms with Gasteiger partial charge in [0.2, 0.25) is 0 Å². The molecule has 0 spiro atoms. The number of hydrogen-bond donors (Lipinski definition) is 0. The van der Waals surface area contributed by atoms with E-state index in [0.29, 0.717) is 5.82 Å². The van der Waals surface area contributed by atoms with Gasteiger partial charge in [0.25, 0.3) is 0 Å². The fraction of sp³-hybridized carbons (Fsp3) is 0. The molecular weight excluding hydrogens is 885 g/mol. The monoisotopic (exact) mass is 926 g/mol. The van der Waals surface area contributed by atoms with E-state index in [-0.39, 0.29) is 0 Å². The van der Waals surface area contributed by atoms with Crippen LogP contribution in [0.5, 0.6) is 0 Å². The van der Waals surface area contributed by atoms with Crippen molar-refractivity contribution in [3.05, 3.63) is 255 Å². The third-order valence-corrected chi connectivity index (χ3v) is 20.2. The van der Waals surface area contributed by atoms with E-state index in [2.05, 4.69) is 264 Å². The summed E-state index contributed by atoms with van der Waals surface area (Å²) < 4.78 is 7.24. The largest absolute Gasteiger partial charge is 0.309 e. The molecule has 0 N–H and O–H groups in total.